The molecule has 1 aromatic rings. The third kappa shape index (κ3) is 3.69. The monoisotopic (exact) mass is 319 g/mol. The van der Waals surface area contributed by atoms with E-state index >= 15 is 0 Å². The van der Waals surface area contributed by atoms with Crippen LogP contribution in [0.5, 0.6) is 0 Å². The minimum Gasteiger partial charge on any atom is -0.382 e. The average molecular weight is 319 g/mol. The van der Waals surface area contributed by atoms with Gasteiger partial charge in [-0.2, -0.15) is 0 Å². The van der Waals surface area contributed by atoms with Crippen molar-refractivity contribution in [3.8, 4) is 0 Å². The maximum atomic E-state index is 13.3. The van der Waals surface area contributed by atoms with Gasteiger partial charge in [0, 0.05) is 24.6 Å². The van der Waals surface area contributed by atoms with Crippen LogP contribution in [0.25, 0.3) is 0 Å². The Hall–Kier alpha value is -1.95. The molecule has 0 radical (unpaired) electrons. The summed E-state index contributed by atoms with van der Waals surface area (Å²) >= 11 is 0. The van der Waals surface area contributed by atoms with Crippen molar-refractivity contribution >= 4 is 11.6 Å². The molecule has 6 heteroatoms. The van der Waals surface area contributed by atoms with Crippen LogP contribution in [0.3, 0.4) is 0 Å². The van der Waals surface area contributed by atoms with Crippen LogP contribution in [0.4, 0.5) is 4.39 Å². The highest BCUT2D eigenvalue weighted by Crippen LogP contribution is 2.20. The lowest BCUT2D eigenvalue weighted by atomic mass is 9.94. The minimum absolute atomic E-state index is 0.137. The Morgan fingerprint density at radius 2 is 2.30 bits per heavy atom. The third-order valence-corrected chi connectivity index (χ3v) is 4.56. The van der Waals surface area contributed by atoms with Crippen molar-refractivity contribution in [3.63, 3.8) is 0 Å². The summed E-state index contributed by atoms with van der Waals surface area (Å²) in [5.41, 5.74) is 1.27. The second-order valence-corrected chi connectivity index (χ2v) is 6.49. The summed E-state index contributed by atoms with van der Waals surface area (Å²) in [6, 6.07) is 6.35. The highest BCUT2D eigenvalue weighted by atomic mass is 19.1. The Kier molecular flexibility index (Phi) is 4.61. The lowest BCUT2D eigenvalue weighted by molar-refractivity contribution is -0.132. The Morgan fingerprint density at radius 1 is 1.48 bits per heavy atom. The Bertz CT molecular complexity index is 620. The third-order valence-electron chi connectivity index (χ3n) is 4.56. The summed E-state index contributed by atoms with van der Waals surface area (Å²) in [5, 5.41) is 7.03. The zero-order chi connectivity index (χ0) is 16.4. The summed E-state index contributed by atoms with van der Waals surface area (Å²) < 4.78 is 13.3. The van der Waals surface area contributed by atoms with E-state index in [1.54, 1.807) is 12.1 Å². The number of hydrogen-bond acceptors (Lipinski definition) is 4. The van der Waals surface area contributed by atoms with Crippen LogP contribution in [0.15, 0.2) is 29.4 Å². The van der Waals surface area contributed by atoms with Gasteiger partial charge in [-0.15, -0.1) is 0 Å². The van der Waals surface area contributed by atoms with Gasteiger partial charge in [-0.05, 0) is 38.1 Å². The molecule has 0 aromatic heterocycles. The number of halogens is 1. The molecule has 1 aromatic carbocycles. The van der Waals surface area contributed by atoms with Gasteiger partial charge >= 0.3 is 0 Å². The number of rotatable bonds is 3. The predicted molar refractivity (Wildman–Crippen MR) is 85.6 cm³/mol. The van der Waals surface area contributed by atoms with Crippen molar-refractivity contribution in [1.82, 2.24) is 10.2 Å². The number of carbonyl (C=O) groups excluding carboxylic acids is 1. The summed E-state index contributed by atoms with van der Waals surface area (Å²) in [7, 11) is 2.09. The number of amides is 1. The standard InChI is InChI=1S/C17H22FN3O2/c1-11-10-21(2)7-6-14(11)19-17(22)16-9-15(20-23-16)12-4-3-5-13(18)8-12/h3-5,8,11,14,16H,6-7,9-10H2,1-2H3,(H,19,22). The van der Waals surface area contributed by atoms with E-state index < -0.39 is 6.10 Å². The van der Waals surface area contributed by atoms with Gasteiger partial charge in [0.1, 0.15) is 5.82 Å². The molecule has 1 saturated heterocycles. The van der Waals surface area contributed by atoms with Crippen molar-refractivity contribution in [2.24, 2.45) is 11.1 Å². The van der Waals surface area contributed by atoms with Crippen LogP contribution in [-0.2, 0) is 9.63 Å². The van der Waals surface area contributed by atoms with Crippen LogP contribution < -0.4 is 5.32 Å². The normalized spacial score (nSPS) is 28.1. The number of likely N-dealkylation sites (tertiary alicyclic amines) is 1. The molecule has 3 unspecified atom stereocenters. The van der Waals surface area contributed by atoms with Crippen LogP contribution in [-0.4, -0.2) is 48.8 Å². The predicted octanol–water partition coefficient (Wildman–Crippen LogP) is 1.78. The first-order valence-electron chi connectivity index (χ1n) is 8.00. The van der Waals surface area contributed by atoms with Crippen molar-refractivity contribution in [2.75, 3.05) is 20.1 Å². The van der Waals surface area contributed by atoms with Crippen molar-refractivity contribution in [1.29, 1.82) is 0 Å². The summed E-state index contributed by atoms with van der Waals surface area (Å²) in [4.78, 5) is 19.9. The Balaban J connectivity index is 1.56. The average Bonchev–Trinajstić information content (AvgIpc) is 3.00. The molecule has 23 heavy (non-hydrogen) atoms. The SMILES string of the molecule is CC1CN(C)CCC1NC(=O)C1CC(c2cccc(F)c2)=NO1. The zero-order valence-electron chi connectivity index (χ0n) is 13.5. The Labute approximate surface area is 135 Å². The molecule has 3 atom stereocenters. The molecule has 2 aliphatic heterocycles. The largest absolute Gasteiger partial charge is 0.382 e. The maximum absolute atomic E-state index is 13.3. The van der Waals surface area contributed by atoms with E-state index in [-0.39, 0.29) is 17.8 Å². The van der Waals surface area contributed by atoms with Gasteiger partial charge in [-0.25, -0.2) is 4.39 Å². The van der Waals surface area contributed by atoms with Gasteiger partial charge in [0.2, 0.25) is 6.10 Å². The fourth-order valence-electron chi connectivity index (χ4n) is 3.20. The van der Waals surface area contributed by atoms with Crippen LogP contribution in [0.2, 0.25) is 0 Å². The number of hydrogen-bond donors (Lipinski definition) is 1. The summed E-state index contributed by atoms with van der Waals surface area (Å²) in [6.07, 6.45) is 0.685. The number of benzene rings is 1. The molecule has 124 valence electrons. The highest BCUT2D eigenvalue weighted by molar-refractivity contribution is 6.04. The number of nitrogens with zero attached hydrogens (tertiary/aromatic N) is 2. The molecule has 2 aliphatic rings. The smallest absolute Gasteiger partial charge is 0.264 e. The molecule has 0 spiro atoms. The first-order chi connectivity index (χ1) is 11.0. The van der Waals surface area contributed by atoms with Crippen LogP contribution in [0, 0.1) is 11.7 Å². The van der Waals surface area contributed by atoms with Crippen molar-refractivity contribution in [2.45, 2.75) is 31.9 Å². The van der Waals surface area contributed by atoms with E-state index in [0.29, 0.717) is 23.6 Å². The van der Waals surface area contributed by atoms with Crippen molar-refractivity contribution < 1.29 is 14.0 Å². The molecular weight excluding hydrogens is 297 g/mol. The molecule has 1 fully saturated rings. The van der Waals surface area contributed by atoms with E-state index in [1.807, 2.05) is 0 Å². The van der Waals surface area contributed by atoms with E-state index in [0.717, 1.165) is 19.5 Å². The number of piperidine rings is 1. The second-order valence-electron chi connectivity index (χ2n) is 6.49. The second kappa shape index (κ2) is 6.66. The highest BCUT2D eigenvalue weighted by Gasteiger charge is 2.32. The van der Waals surface area contributed by atoms with E-state index in [2.05, 4.69) is 29.3 Å². The molecule has 0 bridgehead atoms. The fraction of sp³-hybridized carbons (Fsp3) is 0.529. The first-order valence-corrected chi connectivity index (χ1v) is 8.00. The van der Waals surface area contributed by atoms with Gasteiger partial charge in [-0.1, -0.05) is 24.2 Å². The molecule has 0 aliphatic carbocycles. The van der Waals surface area contributed by atoms with Gasteiger partial charge in [0.15, 0.2) is 0 Å². The maximum Gasteiger partial charge on any atom is 0.264 e. The van der Waals surface area contributed by atoms with E-state index in [9.17, 15) is 9.18 Å². The zero-order valence-corrected chi connectivity index (χ0v) is 13.5. The molecule has 2 heterocycles. The number of oxime groups is 1. The van der Waals surface area contributed by atoms with Gasteiger partial charge in [-0.3, -0.25) is 4.79 Å². The molecule has 1 N–H and O–H groups in total. The van der Waals surface area contributed by atoms with Gasteiger partial charge in [0.05, 0.1) is 5.71 Å². The number of carbonyl (C=O) groups is 1. The van der Waals surface area contributed by atoms with E-state index in [1.165, 1.54) is 12.1 Å². The summed E-state index contributed by atoms with van der Waals surface area (Å²) in [5.74, 6) is -0.0532. The molecule has 1 amide bonds. The Morgan fingerprint density at radius 3 is 3.04 bits per heavy atom. The molecular formula is C17H22FN3O2. The summed E-state index contributed by atoms with van der Waals surface area (Å²) in [6.45, 7) is 4.10. The van der Waals surface area contributed by atoms with Crippen LogP contribution in [0.1, 0.15) is 25.3 Å². The van der Waals surface area contributed by atoms with Gasteiger partial charge < -0.3 is 15.1 Å². The van der Waals surface area contributed by atoms with Gasteiger partial charge in [0.25, 0.3) is 5.91 Å². The molecule has 3 rings (SSSR count). The van der Waals surface area contributed by atoms with Crippen molar-refractivity contribution in [3.05, 3.63) is 35.6 Å². The molecule has 0 saturated carbocycles. The fourth-order valence-corrected chi connectivity index (χ4v) is 3.20. The number of nitrogens with one attached hydrogen (secondary N) is 1. The lowest BCUT2D eigenvalue weighted by Crippen LogP contribution is -2.51. The molecule has 5 nitrogen and oxygen atoms in total. The van der Waals surface area contributed by atoms with Crippen LogP contribution >= 0.6 is 0 Å². The topological polar surface area (TPSA) is 53.9 Å². The lowest BCUT2D eigenvalue weighted by Gasteiger charge is -2.35. The first kappa shape index (κ1) is 15.9. The minimum atomic E-state index is -0.625. The quantitative estimate of drug-likeness (QED) is 0.924. The van der Waals surface area contributed by atoms with E-state index in [4.69, 9.17) is 4.84 Å².